The standard InChI is InChI=1S/C13H23NO4S2/c1-5-14(6-2)12(19)20-7-8-9(15)10-11(16-8)18-13(3,4)17-10/h8-11,15H,5-7H2,1-4H3/t8-,9+,10-,11-/m1/s1. The molecule has 2 saturated heterocycles. The topological polar surface area (TPSA) is 51.2 Å². The number of rotatable bonds is 4. The van der Waals surface area contributed by atoms with Crippen molar-refractivity contribution in [1.82, 2.24) is 4.90 Å². The number of ether oxygens (including phenoxy) is 3. The number of fused-ring (bicyclic) bond motifs is 1. The molecule has 4 atom stereocenters. The minimum Gasteiger partial charge on any atom is -0.387 e. The second kappa shape index (κ2) is 6.46. The molecule has 5 nitrogen and oxygen atoms in total. The van der Waals surface area contributed by atoms with Crippen LogP contribution in [0.25, 0.3) is 0 Å². The van der Waals surface area contributed by atoms with Crippen molar-refractivity contribution in [2.24, 2.45) is 0 Å². The van der Waals surface area contributed by atoms with Gasteiger partial charge in [-0.3, -0.25) is 0 Å². The van der Waals surface area contributed by atoms with Gasteiger partial charge in [0.05, 0.1) is 6.10 Å². The molecule has 20 heavy (non-hydrogen) atoms. The van der Waals surface area contributed by atoms with Gasteiger partial charge in [0.15, 0.2) is 12.1 Å². The van der Waals surface area contributed by atoms with Crippen LogP contribution in [-0.2, 0) is 14.2 Å². The molecule has 0 bridgehead atoms. The minimum absolute atomic E-state index is 0.306. The summed E-state index contributed by atoms with van der Waals surface area (Å²) in [6.07, 6.45) is -1.86. The van der Waals surface area contributed by atoms with Gasteiger partial charge in [0, 0.05) is 18.8 Å². The van der Waals surface area contributed by atoms with Crippen LogP contribution in [0.5, 0.6) is 0 Å². The van der Waals surface area contributed by atoms with Crippen LogP contribution in [0.15, 0.2) is 0 Å². The number of aliphatic hydroxyl groups is 1. The molecular formula is C13H23NO4S2. The number of hydrogen-bond donors (Lipinski definition) is 1. The molecule has 0 saturated carbocycles. The van der Waals surface area contributed by atoms with E-state index in [0.29, 0.717) is 5.75 Å². The molecule has 0 amide bonds. The minimum atomic E-state index is -0.690. The second-order valence-electron chi connectivity index (χ2n) is 5.38. The fourth-order valence-corrected chi connectivity index (χ4v) is 3.91. The van der Waals surface area contributed by atoms with E-state index in [-0.39, 0.29) is 6.10 Å². The normalized spacial score (nSPS) is 35.0. The fraction of sp³-hybridized carbons (Fsp3) is 0.923. The van der Waals surface area contributed by atoms with Crippen molar-refractivity contribution in [2.45, 2.75) is 58.1 Å². The Labute approximate surface area is 129 Å². The van der Waals surface area contributed by atoms with Gasteiger partial charge < -0.3 is 24.2 Å². The van der Waals surface area contributed by atoms with Crippen LogP contribution >= 0.6 is 24.0 Å². The molecule has 0 radical (unpaired) electrons. The Morgan fingerprint density at radius 2 is 1.95 bits per heavy atom. The van der Waals surface area contributed by atoms with E-state index in [1.807, 2.05) is 13.8 Å². The van der Waals surface area contributed by atoms with Crippen molar-refractivity contribution in [3.05, 3.63) is 0 Å². The summed E-state index contributed by atoms with van der Waals surface area (Å²) in [7, 11) is 0. The lowest BCUT2D eigenvalue weighted by Gasteiger charge is -2.24. The first-order chi connectivity index (χ1) is 9.38. The molecule has 7 heteroatoms. The van der Waals surface area contributed by atoms with E-state index in [4.69, 9.17) is 26.4 Å². The molecule has 2 rings (SSSR count). The fourth-order valence-electron chi connectivity index (χ4n) is 2.42. The molecule has 2 aliphatic rings. The highest BCUT2D eigenvalue weighted by atomic mass is 32.2. The maximum atomic E-state index is 10.3. The summed E-state index contributed by atoms with van der Waals surface area (Å²) in [5.41, 5.74) is 0. The number of aliphatic hydroxyl groups excluding tert-OH is 1. The van der Waals surface area contributed by atoms with Gasteiger partial charge in [0.25, 0.3) is 0 Å². The average molecular weight is 321 g/mol. The van der Waals surface area contributed by atoms with E-state index in [2.05, 4.69) is 18.7 Å². The van der Waals surface area contributed by atoms with E-state index >= 15 is 0 Å². The van der Waals surface area contributed by atoms with Gasteiger partial charge in [-0.05, 0) is 27.7 Å². The van der Waals surface area contributed by atoms with Crippen LogP contribution in [-0.4, -0.2) is 63.6 Å². The molecule has 2 fully saturated rings. The third-order valence-corrected chi connectivity index (χ3v) is 5.12. The summed E-state index contributed by atoms with van der Waals surface area (Å²) in [6, 6.07) is 0. The van der Waals surface area contributed by atoms with Crippen LogP contribution in [0.2, 0.25) is 0 Å². The Morgan fingerprint density at radius 3 is 2.50 bits per heavy atom. The molecular weight excluding hydrogens is 298 g/mol. The first-order valence-corrected chi connectivity index (χ1v) is 8.38. The van der Waals surface area contributed by atoms with Crippen LogP contribution in [0, 0.1) is 0 Å². The summed E-state index contributed by atoms with van der Waals surface area (Å²) < 4.78 is 17.8. The zero-order valence-electron chi connectivity index (χ0n) is 12.4. The molecule has 0 aromatic rings. The lowest BCUT2D eigenvalue weighted by atomic mass is 10.1. The molecule has 0 aromatic heterocycles. The van der Waals surface area contributed by atoms with Gasteiger partial charge in [-0.25, -0.2) is 0 Å². The summed E-state index contributed by atoms with van der Waals surface area (Å²) >= 11 is 6.91. The maximum Gasteiger partial charge on any atom is 0.190 e. The van der Waals surface area contributed by atoms with Gasteiger partial charge >= 0.3 is 0 Å². The Balaban J connectivity index is 1.83. The average Bonchev–Trinajstić information content (AvgIpc) is 2.83. The molecule has 116 valence electrons. The van der Waals surface area contributed by atoms with Crippen LogP contribution < -0.4 is 0 Å². The maximum absolute atomic E-state index is 10.3. The molecule has 0 aromatic carbocycles. The Bertz CT molecular complexity index is 362. The van der Waals surface area contributed by atoms with Crippen molar-refractivity contribution in [2.75, 3.05) is 18.8 Å². The van der Waals surface area contributed by atoms with Gasteiger partial charge in [0.2, 0.25) is 0 Å². The zero-order valence-corrected chi connectivity index (χ0v) is 14.0. The Kier molecular flexibility index (Phi) is 5.31. The molecule has 0 unspecified atom stereocenters. The van der Waals surface area contributed by atoms with Crippen molar-refractivity contribution in [1.29, 1.82) is 0 Å². The van der Waals surface area contributed by atoms with Gasteiger partial charge in [-0.15, -0.1) is 0 Å². The van der Waals surface area contributed by atoms with Crippen molar-refractivity contribution in [3.63, 3.8) is 0 Å². The third kappa shape index (κ3) is 3.45. The van der Waals surface area contributed by atoms with Crippen LogP contribution in [0.3, 0.4) is 0 Å². The van der Waals surface area contributed by atoms with E-state index < -0.39 is 24.3 Å². The monoisotopic (exact) mass is 321 g/mol. The lowest BCUT2D eigenvalue weighted by molar-refractivity contribution is -0.211. The van der Waals surface area contributed by atoms with Gasteiger partial charge in [0.1, 0.15) is 16.5 Å². The van der Waals surface area contributed by atoms with E-state index in [1.165, 1.54) is 11.8 Å². The lowest BCUT2D eigenvalue weighted by Crippen LogP contribution is -2.36. The summed E-state index contributed by atoms with van der Waals surface area (Å²) in [5, 5.41) is 10.3. The highest BCUT2D eigenvalue weighted by Gasteiger charge is 2.54. The van der Waals surface area contributed by atoms with E-state index in [9.17, 15) is 5.11 Å². The number of hydrogen-bond acceptors (Lipinski definition) is 6. The molecule has 0 spiro atoms. The van der Waals surface area contributed by atoms with E-state index in [1.54, 1.807) is 0 Å². The van der Waals surface area contributed by atoms with Gasteiger partial charge in [-0.2, -0.15) is 0 Å². The predicted molar refractivity (Wildman–Crippen MR) is 82.7 cm³/mol. The second-order valence-corrected chi connectivity index (χ2v) is 7.04. The Hall–Kier alpha value is 0.0800. The molecule has 0 aliphatic carbocycles. The van der Waals surface area contributed by atoms with E-state index in [0.717, 1.165) is 17.4 Å². The highest BCUT2D eigenvalue weighted by molar-refractivity contribution is 8.22. The first-order valence-electron chi connectivity index (χ1n) is 6.98. The zero-order chi connectivity index (χ0) is 14.9. The van der Waals surface area contributed by atoms with Crippen molar-refractivity contribution in [3.8, 4) is 0 Å². The summed E-state index contributed by atoms with van der Waals surface area (Å²) in [5.74, 6) is -0.0817. The van der Waals surface area contributed by atoms with Crippen LogP contribution in [0.4, 0.5) is 0 Å². The largest absolute Gasteiger partial charge is 0.387 e. The first kappa shape index (κ1) is 16.5. The van der Waals surface area contributed by atoms with Crippen LogP contribution in [0.1, 0.15) is 27.7 Å². The van der Waals surface area contributed by atoms with Crippen molar-refractivity contribution >= 4 is 28.3 Å². The molecule has 1 N–H and O–H groups in total. The number of thioether (sulfide) groups is 1. The predicted octanol–water partition coefficient (Wildman–Crippen LogP) is 1.58. The molecule has 2 aliphatic heterocycles. The highest BCUT2D eigenvalue weighted by Crippen LogP contribution is 2.38. The van der Waals surface area contributed by atoms with Gasteiger partial charge in [-0.1, -0.05) is 24.0 Å². The number of nitrogens with zero attached hydrogens (tertiary/aromatic N) is 1. The smallest absolute Gasteiger partial charge is 0.190 e. The SMILES string of the molecule is CCN(CC)C(=S)SC[C@H]1O[C@@H]2OC(C)(C)O[C@@H]2[C@H]1O. The number of thiocarbonyl (C=S) groups is 1. The summed E-state index contributed by atoms with van der Waals surface area (Å²) in [4.78, 5) is 2.11. The third-order valence-electron chi connectivity index (χ3n) is 3.51. The molecule has 2 heterocycles. The van der Waals surface area contributed by atoms with Crippen molar-refractivity contribution < 1.29 is 19.3 Å². The Morgan fingerprint density at radius 1 is 1.30 bits per heavy atom. The summed E-state index contributed by atoms with van der Waals surface area (Å²) in [6.45, 7) is 9.57. The quantitative estimate of drug-likeness (QED) is 0.789.